The molecule has 4 nitrogen and oxygen atoms in total. The molecule has 0 aliphatic carbocycles. The molecule has 154 valence electrons. The lowest BCUT2D eigenvalue weighted by Crippen LogP contribution is -2.47. The van der Waals surface area contributed by atoms with E-state index >= 15 is 0 Å². The maximum atomic E-state index is 13.1. The van der Waals surface area contributed by atoms with Crippen LogP contribution in [0.4, 0.5) is 5.69 Å². The zero-order valence-electron chi connectivity index (χ0n) is 17.2. The minimum absolute atomic E-state index is 0.0814. The Hall–Kier alpha value is -2.50. The molecule has 0 saturated carbocycles. The molecule has 1 aromatic heterocycles. The maximum absolute atomic E-state index is 13.1. The molecule has 1 N–H and O–H groups in total. The molecule has 3 aliphatic rings. The Labute approximate surface area is 180 Å². The van der Waals surface area contributed by atoms with Crippen LogP contribution < -0.4 is 5.32 Å². The van der Waals surface area contributed by atoms with Crippen LogP contribution in [0.5, 0.6) is 0 Å². The molecule has 3 aromatic rings. The van der Waals surface area contributed by atoms with Gasteiger partial charge in [-0.2, -0.15) is 0 Å². The molecule has 3 fully saturated rings. The highest BCUT2D eigenvalue weighted by atomic mass is 32.1. The van der Waals surface area contributed by atoms with Crippen molar-refractivity contribution in [2.24, 2.45) is 11.8 Å². The summed E-state index contributed by atoms with van der Waals surface area (Å²) in [5.74, 6) is 1.44. The number of piperidine rings is 3. The van der Waals surface area contributed by atoms with Crippen molar-refractivity contribution in [3.8, 4) is 11.1 Å². The van der Waals surface area contributed by atoms with Gasteiger partial charge in [0.15, 0.2) is 5.78 Å². The van der Waals surface area contributed by atoms with Gasteiger partial charge in [-0.15, -0.1) is 11.3 Å². The molecule has 30 heavy (non-hydrogen) atoms. The van der Waals surface area contributed by atoms with Crippen LogP contribution in [0.15, 0.2) is 48.5 Å². The molecule has 0 unspecified atom stereocenters. The Bertz CT molecular complexity index is 1110. The summed E-state index contributed by atoms with van der Waals surface area (Å²) in [6.07, 6.45) is 3.17. The highest BCUT2D eigenvalue weighted by Crippen LogP contribution is 2.38. The Kier molecular flexibility index (Phi) is 5.17. The van der Waals surface area contributed by atoms with E-state index in [0.29, 0.717) is 12.3 Å². The van der Waals surface area contributed by atoms with Gasteiger partial charge in [0.05, 0.1) is 4.88 Å². The summed E-state index contributed by atoms with van der Waals surface area (Å²) in [5.41, 5.74) is 2.93. The maximum Gasteiger partial charge on any atom is 0.221 e. The summed E-state index contributed by atoms with van der Waals surface area (Å²) in [6.45, 7) is 5.01. The van der Waals surface area contributed by atoms with Crippen molar-refractivity contribution in [2.45, 2.75) is 26.2 Å². The lowest BCUT2D eigenvalue weighted by Gasteiger charge is -2.44. The van der Waals surface area contributed by atoms with Crippen molar-refractivity contribution in [1.82, 2.24) is 4.90 Å². The van der Waals surface area contributed by atoms with Crippen LogP contribution >= 0.6 is 11.3 Å². The van der Waals surface area contributed by atoms with E-state index < -0.39 is 0 Å². The SMILES string of the molecule is CC(=O)Nc1cccc(-c2cccc3cc(C(=O)C[C@H]4CN5CCC4CC5)sc23)c1. The minimum atomic E-state index is -0.0814. The monoisotopic (exact) mass is 418 g/mol. The Balaban J connectivity index is 1.42. The highest BCUT2D eigenvalue weighted by Gasteiger charge is 2.35. The smallest absolute Gasteiger partial charge is 0.221 e. The van der Waals surface area contributed by atoms with Crippen LogP contribution in [0.1, 0.15) is 35.9 Å². The minimum Gasteiger partial charge on any atom is -0.326 e. The molecule has 2 bridgehead atoms. The Morgan fingerprint density at radius 2 is 1.90 bits per heavy atom. The van der Waals surface area contributed by atoms with Crippen molar-refractivity contribution in [2.75, 3.05) is 25.0 Å². The van der Waals surface area contributed by atoms with Gasteiger partial charge in [0.25, 0.3) is 0 Å². The van der Waals surface area contributed by atoms with Gasteiger partial charge in [0, 0.05) is 30.3 Å². The number of rotatable bonds is 5. The molecule has 3 saturated heterocycles. The Morgan fingerprint density at radius 3 is 2.63 bits per heavy atom. The molecule has 1 amide bonds. The van der Waals surface area contributed by atoms with Gasteiger partial charge >= 0.3 is 0 Å². The van der Waals surface area contributed by atoms with Crippen molar-refractivity contribution >= 4 is 38.8 Å². The summed E-state index contributed by atoms with van der Waals surface area (Å²) >= 11 is 1.60. The first kappa shape index (κ1) is 19.5. The number of hydrogen-bond acceptors (Lipinski definition) is 4. The van der Waals surface area contributed by atoms with E-state index in [0.717, 1.165) is 44.2 Å². The van der Waals surface area contributed by atoms with Crippen molar-refractivity contribution in [3.63, 3.8) is 0 Å². The van der Waals surface area contributed by atoms with Crippen LogP contribution in [0.3, 0.4) is 0 Å². The van der Waals surface area contributed by atoms with Crippen LogP contribution in [0.25, 0.3) is 21.2 Å². The number of benzene rings is 2. The fourth-order valence-corrected chi connectivity index (χ4v) is 6.20. The molecule has 2 aromatic carbocycles. The van der Waals surface area contributed by atoms with E-state index in [4.69, 9.17) is 0 Å². The van der Waals surface area contributed by atoms with Crippen LogP contribution in [0.2, 0.25) is 0 Å². The summed E-state index contributed by atoms with van der Waals surface area (Å²) in [6, 6.07) is 16.2. The molecule has 1 atom stereocenters. The molecule has 6 rings (SSSR count). The lowest BCUT2D eigenvalue weighted by molar-refractivity contribution is -0.114. The quantitative estimate of drug-likeness (QED) is 0.561. The number of ketones is 1. The van der Waals surface area contributed by atoms with Gasteiger partial charge in [-0.25, -0.2) is 0 Å². The summed E-state index contributed by atoms with van der Waals surface area (Å²) in [7, 11) is 0. The van der Waals surface area contributed by atoms with Gasteiger partial charge in [0.2, 0.25) is 5.91 Å². The number of carbonyl (C=O) groups excluding carboxylic acids is 2. The largest absolute Gasteiger partial charge is 0.326 e. The molecule has 4 heterocycles. The van der Waals surface area contributed by atoms with Crippen LogP contribution in [0, 0.1) is 11.8 Å². The molecule has 3 aliphatic heterocycles. The normalized spacial score (nSPS) is 22.9. The predicted octanol–water partition coefficient (Wildman–Crippen LogP) is 5.44. The lowest BCUT2D eigenvalue weighted by atomic mass is 9.76. The number of amides is 1. The molecule has 5 heteroatoms. The number of nitrogens with one attached hydrogen (secondary N) is 1. The van der Waals surface area contributed by atoms with Gasteiger partial charge in [-0.3, -0.25) is 9.59 Å². The number of fused-ring (bicyclic) bond motifs is 4. The standard InChI is InChI=1S/C25H26N2O2S/c1-16(28)26-21-6-2-4-18(12-21)22-7-3-5-19-14-24(30-25(19)22)23(29)13-20-15-27-10-8-17(20)9-11-27/h2-7,12,14,17,20H,8-11,13,15H2,1H3,(H,26,28)/t20-/m0/s1. The number of Topliss-reactive ketones (excluding diaryl/α,β-unsaturated/α-hetero) is 1. The Morgan fingerprint density at radius 1 is 1.10 bits per heavy atom. The highest BCUT2D eigenvalue weighted by molar-refractivity contribution is 7.21. The second-order valence-corrected chi connectivity index (χ2v) is 9.67. The molecule has 0 spiro atoms. The van der Waals surface area contributed by atoms with Crippen molar-refractivity contribution in [3.05, 3.63) is 53.4 Å². The van der Waals surface area contributed by atoms with E-state index in [-0.39, 0.29) is 11.7 Å². The van der Waals surface area contributed by atoms with Gasteiger partial charge in [-0.05, 0) is 72.5 Å². The second-order valence-electron chi connectivity index (χ2n) is 8.62. The van der Waals surface area contributed by atoms with Gasteiger partial charge < -0.3 is 10.2 Å². The summed E-state index contributed by atoms with van der Waals surface area (Å²) in [4.78, 5) is 27.9. The van der Waals surface area contributed by atoms with E-state index in [1.807, 2.05) is 24.3 Å². The van der Waals surface area contributed by atoms with E-state index in [9.17, 15) is 9.59 Å². The van der Waals surface area contributed by atoms with Crippen LogP contribution in [-0.2, 0) is 4.79 Å². The van der Waals surface area contributed by atoms with E-state index in [1.165, 1.54) is 32.9 Å². The first-order valence-electron chi connectivity index (χ1n) is 10.7. The zero-order valence-corrected chi connectivity index (χ0v) is 18.0. The zero-order chi connectivity index (χ0) is 20.7. The fraction of sp³-hybridized carbons (Fsp3) is 0.360. The second kappa shape index (κ2) is 7.97. The summed E-state index contributed by atoms with van der Waals surface area (Å²) < 4.78 is 1.13. The average Bonchev–Trinajstić information content (AvgIpc) is 3.19. The van der Waals surface area contributed by atoms with E-state index in [1.54, 1.807) is 11.3 Å². The first-order valence-corrected chi connectivity index (χ1v) is 11.5. The number of nitrogens with zero attached hydrogens (tertiary/aromatic N) is 1. The number of anilines is 1. The summed E-state index contributed by atoms with van der Waals surface area (Å²) in [5, 5.41) is 3.96. The third kappa shape index (κ3) is 3.80. The fourth-order valence-electron chi connectivity index (χ4n) is 5.05. The van der Waals surface area contributed by atoms with Crippen molar-refractivity contribution < 1.29 is 9.59 Å². The van der Waals surface area contributed by atoms with Crippen molar-refractivity contribution in [1.29, 1.82) is 0 Å². The number of carbonyl (C=O) groups is 2. The third-order valence-corrected chi connectivity index (χ3v) is 7.78. The van der Waals surface area contributed by atoms with E-state index in [2.05, 4.69) is 34.5 Å². The van der Waals surface area contributed by atoms with Gasteiger partial charge in [-0.1, -0.05) is 30.3 Å². The molecular weight excluding hydrogens is 392 g/mol. The third-order valence-electron chi connectivity index (χ3n) is 6.55. The van der Waals surface area contributed by atoms with Crippen LogP contribution in [-0.4, -0.2) is 36.2 Å². The first-order chi connectivity index (χ1) is 14.6. The van der Waals surface area contributed by atoms with Gasteiger partial charge in [0.1, 0.15) is 0 Å². The number of hydrogen-bond donors (Lipinski definition) is 1. The number of thiophene rings is 1. The molecule has 0 radical (unpaired) electrons. The molecular formula is C25H26N2O2S. The predicted molar refractivity (Wildman–Crippen MR) is 123 cm³/mol. The topological polar surface area (TPSA) is 49.4 Å². The average molecular weight is 419 g/mol.